The monoisotopic (exact) mass is 345 g/mol. The summed E-state index contributed by atoms with van der Waals surface area (Å²) < 4.78 is 6.69. The van der Waals surface area contributed by atoms with E-state index in [9.17, 15) is 9.59 Å². The third-order valence-electron chi connectivity index (χ3n) is 4.01. The number of benzene rings is 1. The molecule has 7 heteroatoms. The lowest BCUT2D eigenvalue weighted by atomic mass is 10.2. The second-order valence-corrected chi connectivity index (χ2v) is 6.01. The first kappa shape index (κ1) is 16.3. The summed E-state index contributed by atoms with van der Waals surface area (Å²) in [6.45, 7) is 5.24. The fourth-order valence-electron chi connectivity index (χ4n) is 2.47. The standard InChI is InChI=1S/C17H16ClN3O3/c1-9-11(3)24-16-15(9)17(23)21(8-19-16)7-14(22)20-13-6-4-5-12(18)10(13)2/h4-6,8H,7H2,1-3H3,(H,20,22). The molecule has 124 valence electrons. The van der Waals surface area contributed by atoms with Gasteiger partial charge in [0.25, 0.3) is 5.56 Å². The van der Waals surface area contributed by atoms with Crippen LogP contribution in [-0.2, 0) is 11.3 Å². The van der Waals surface area contributed by atoms with Crippen LogP contribution in [0.3, 0.4) is 0 Å². The van der Waals surface area contributed by atoms with Crippen molar-refractivity contribution in [3.05, 3.63) is 56.8 Å². The maximum atomic E-state index is 12.5. The van der Waals surface area contributed by atoms with Gasteiger partial charge in [0.1, 0.15) is 24.0 Å². The maximum absolute atomic E-state index is 12.5. The van der Waals surface area contributed by atoms with Gasteiger partial charge in [-0.25, -0.2) is 4.98 Å². The molecule has 1 amide bonds. The van der Waals surface area contributed by atoms with Crippen LogP contribution < -0.4 is 10.9 Å². The highest BCUT2D eigenvalue weighted by Crippen LogP contribution is 2.23. The number of nitrogens with one attached hydrogen (secondary N) is 1. The molecule has 1 aromatic carbocycles. The van der Waals surface area contributed by atoms with Crippen molar-refractivity contribution in [1.29, 1.82) is 0 Å². The second-order valence-electron chi connectivity index (χ2n) is 5.60. The molecule has 0 saturated heterocycles. The highest BCUT2D eigenvalue weighted by Gasteiger charge is 2.15. The first-order valence-corrected chi connectivity index (χ1v) is 7.76. The molecule has 2 aromatic heterocycles. The van der Waals surface area contributed by atoms with Crippen molar-refractivity contribution < 1.29 is 9.21 Å². The number of amides is 1. The Morgan fingerprint density at radius 1 is 1.29 bits per heavy atom. The normalized spacial score (nSPS) is 11.0. The van der Waals surface area contributed by atoms with Crippen molar-refractivity contribution in [3.63, 3.8) is 0 Å². The lowest BCUT2D eigenvalue weighted by molar-refractivity contribution is -0.116. The average molecular weight is 346 g/mol. The summed E-state index contributed by atoms with van der Waals surface area (Å²) in [6.07, 6.45) is 1.32. The summed E-state index contributed by atoms with van der Waals surface area (Å²) in [5, 5.41) is 3.73. The number of carbonyl (C=O) groups is 1. The number of aryl methyl sites for hydroxylation is 2. The molecule has 0 atom stereocenters. The summed E-state index contributed by atoms with van der Waals surface area (Å²) >= 11 is 6.04. The van der Waals surface area contributed by atoms with Crippen LogP contribution in [0.4, 0.5) is 5.69 Å². The minimum absolute atomic E-state index is 0.141. The molecular formula is C17H16ClN3O3. The van der Waals surface area contributed by atoms with Crippen LogP contribution in [0, 0.1) is 20.8 Å². The number of halogens is 1. The van der Waals surface area contributed by atoms with Gasteiger partial charge in [0.15, 0.2) is 0 Å². The van der Waals surface area contributed by atoms with Gasteiger partial charge in [-0.15, -0.1) is 0 Å². The molecule has 0 radical (unpaired) electrons. The van der Waals surface area contributed by atoms with Crippen LogP contribution >= 0.6 is 11.6 Å². The van der Waals surface area contributed by atoms with Crippen molar-refractivity contribution in [2.45, 2.75) is 27.3 Å². The van der Waals surface area contributed by atoms with Crippen LogP contribution in [0.2, 0.25) is 5.02 Å². The molecule has 0 aliphatic rings. The van der Waals surface area contributed by atoms with Crippen molar-refractivity contribution >= 4 is 34.3 Å². The van der Waals surface area contributed by atoms with E-state index in [1.807, 2.05) is 6.92 Å². The molecule has 0 aliphatic heterocycles. The first-order valence-electron chi connectivity index (χ1n) is 7.38. The number of aromatic nitrogens is 2. The largest absolute Gasteiger partial charge is 0.443 e. The lowest BCUT2D eigenvalue weighted by Gasteiger charge is -2.10. The van der Waals surface area contributed by atoms with E-state index in [-0.39, 0.29) is 23.7 Å². The Morgan fingerprint density at radius 2 is 2.04 bits per heavy atom. The fraction of sp³-hybridized carbons (Fsp3) is 0.235. The zero-order chi connectivity index (χ0) is 17.4. The Bertz CT molecular complexity index is 1000. The molecular weight excluding hydrogens is 330 g/mol. The molecule has 1 N–H and O–H groups in total. The fourth-order valence-corrected chi connectivity index (χ4v) is 2.64. The smallest absolute Gasteiger partial charge is 0.265 e. The number of rotatable bonds is 3. The van der Waals surface area contributed by atoms with Gasteiger partial charge in [-0.1, -0.05) is 17.7 Å². The van der Waals surface area contributed by atoms with E-state index >= 15 is 0 Å². The van der Waals surface area contributed by atoms with Gasteiger partial charge in [0.2, 0.25) is 11.6 Å². The molecule has 2 heterocycles. The number of fused-ring (bicyclic) bond motifs is 1. The Balaban J connectivity index is 1.88. The number of furan rings is 1. The quantitative estimate of drug-likeness (QED) is 0.790. The van der Waals surface area contributed by atoms with E-state index in [0.29, 0.717) is 21.9 Å². The molecule has 0 unspecified atom stereocenters. The van der Waals surface area contributed by atoms with Gasteiger partial charge in [0.05, 0.1) is 0 Å². The summed E-state index contributed by atoms with van der Waals surface area (Å²) in [5.41, 5.74) is 2.12. The predicted molar refractivity (Wildman–Crippen MR) is 92.6 cm³/mol. The van der Waals surface area contributed by atoms with Crippen LogP contribution in [0.5, 0.6) is 0 Å². The van der Waals surface area contributed by atoms with E-state index in [1.165, 1.54) is 10.9 Å². The molecule has 3 aromatic rings. The van der Waals surface area contributed by atoms with Crippen molar-refractivity contribution in [2.24, 2.45) is 0 Å². The molecule has 24 heavy (non-hydrogen) atoms. The molecule has 0 saturated carbocycles. The molecule has 6 nitrogen and oxygen atoms in total. The van der Waals surface area contributed by atoms with Crippen molar-refractivity contribution in [3.8, 4) is 0 Å². The van der Waals surface area contributed by atoms with Crippen LogP contribution in [0.25, 0.3) is 11.1 Å². The predicted octanol–water partition coefficient (Wildman–Crippen LogP) is 3.21. The summed E-state index contributed by atoms with van der Waals surface area (Å²) in [7, 11) is 0. The number of carbonyl (C=O) groups excluding carboxylic acids is 1. The third-order valence-corrected chi connectivity index (χ3v) is 4.42. The summed E-state index contributed by atoms with van der Waals surface area (Å²) in [5.74, 6) is 0.313. The number of nitrogens with zero attached hydrogens (tertiary/aromatic N) is 2. The summed E-state index contributed by atoms with van der Waals surface area (Å²) in [6, 6.07) is 5.26. The van der Waals surface area contributed by atoms with Crippen LogP contribution in [-0.4, -0.2) is 15.5 Å². The molecule has 0 fully saturated rings. The zero-order valence-corrected chi connectivity index (χ0v) is 14.3. The highest BCUT2D eigenvalue weighted by molar-refractivity contribution is 6.31. The average Bonchev–Trinajstić information content (AvgIpc) is 2.82. The minimum Gasteiger partial charge on any atom is -0.443 e. The SMILES string of the molecule is Cc1oc2ncn(CC(=O)Nc3cccc(Cl)c3C)c(=O)c2c1C. The van der Waals surface area contributed by atoms with Gasteiger partial charge >= 0.3 is 0 Å². The molecule has 0 bridgehead atoms. The lowest BCUT2D eigenvalue weighted by Crippen LogP contribution is -2.28. The van der Waals surface area contributed by atoms with Crippen LogP contribution in [0.15, 0.2) is 33.7 Å². The van der Waals surface area contributed by atoms with E-state index < -0.39 is 0 Å². The number of anilines is 1. The Kier molecular flexibility index (Phi) is 4.15. The Hall–Kier alpha value is -2.60. The number of hydrogen-bond donors (Lipinski definition) is 1. The third kappa shape index (κ3) is 2.80. The van der Waals surface area contributed by atoms with Gasteiger partial charge < -0.3 is 9.73 Å². The van der Waals surface area contributed by atoms with Gasteiger partial charge in [-0.3, -0.25) is 14.2 Å². The van der Waals surface area contributed by atoms with E-state index in [1.54, 1.807) is 32.0 Å². The van der Waals surface area contributed by atoms with E-state index in [2.05, 4.69) is 10.3 Å². The highest BCUT2D eigenvalue weighted by atomic mass is 35.5. The Labute approximate surface area is 143 Å². The molecule has 0 spiro atoms. The van der Waals surface area contributed by atoms with Crippen molar-refractivity contribution in [1.82, 2.24) is 9.55 Å². The van der Waals surface area contributed by atoms with Crippen LogP contribution in [0.1, 0.15) is 16.9 Å². The van der Waals surface area contributed by atoms with E-state index in [4.69, 9.17) is 16.0 Å². The van der Waals surface area contributed by atoms with Gasteiger partial charge in [-0.05, 0) is 38.5 Å². The minimum atomic E-state index is -0.332. The zero-order valence-electron chi connectivity index (χ0n) is 13.5. The van der Waals surface area contributed by atoms with Crippen molar-refractivity contribution in [2.75, 3.05) is 5.32 Å². The summed E-state index contributed by atoms with van der Waals surface area (Å²) in [4.78, 5) is 28.9. The van der Waals surface area contributed by atoms with Gasteiger partial charge in [-0.2, -0.15) is 0 Å². The first-order chi connectivity index (χ1) is 11.4. The molecule has 0 aliphatic carbocycles. The second kappa shape index (κ2) is 6.13. The van der Waals surface area contributed by atoms with Gasteiger partial charge in [0, 0.05) is 16.3 Å². The maximum Gasteiger partial charge on any atom is 0.265 e. The van der Waals surface area contributed by atoms with E-state index in [0.717, 1.165) is 11.1 Å². The topological polar surface area (TPSA) is 77.1 Å². The number of hydrogen-bond acceptors (Lipinski definition) is 4. The Morgan fingerprint density at radius 3 is 2.79 bits per heavy atom. The molecule has 3 rings (SSSR count).